The molecule has 74 valence electrons. The lowest BCUT2D eigenvalue weighted by Gasteiger charge is -2.04. The number of nitrogens with zero attached hydrogens (tertiary/aromatic N) is 1. The number of pyridine rings is 1. The minimum Gasteiger partial charge on any atom is -0.324 e. The molecule has 0 aliphatic heterocycles. The van der Waals surface area contributed by atoms with E-state index >= 15 is 0 Å². The van der Waals surface area contributed by atoms with Crippen LogP contribution >= 0.6 is 27.5 Å². The predicted octanol–water partition coefficient (Wildman–Crippen LogP) is 2.85. The Morgan fingerprint density at radius 2 is 2.36 bits per heavy atom. The number of rotatable bonds is 2. The zero-order valence-corrected chi connectivity index (χ0v) is 9.60. The van der Waals surface area contributed by atoms with E-state index in [0.717, 1.165) is 12.8 Å². The number of carbonyl (C=O) groups excluding carboxylic acids is 1. The fourth-order valence-corrected chi connectivity index (χ4v) is 1.46. The summed E-state index contributed by atoms with van der Waals surface area (Å²) in [5.74, 6) is 0.252. The fourth-order valence-electron chi connectivity index (χ4n) is 1.08. The topological polar surface area (TPSA) is 42.0 Å². The van der Waals surface area contributed by atoms with E-state index in [2.05, 4.69) is 26.2 Å². The Bertz CT molecular complexity index is 379. The quantitative estimate of drug-likeness (QED) is 0.843. The molecule has 14 heavy (non-hydrogen) atoms. The first-order valence-electron chi connectivity index (χ1n) is 4.29. The van der Waals surface area contributed by atoms with Crippen LogP contribution in [0.4, 0.5) is 5.69 Å². The Balaban J connectivity index is 2.08. The van der Waals surface area contributed by atoms with E-state index in [4.69, 9.17) is 11.6 Å². The van der Waals surface area contributed by atoms with Crippen molar-refractivity contribution in [2.75, 3.05) is 5.32 Å². The van der Waals surface area contributed by atoms with Crippen molar-refractivity contribution in [3.8, 4) is 0 Å². The molecule has 0 radical (unpaired) electrons. The van der Waals surface area contributed by atoms with Gasteiger partial charge in [-0.3, -0.25) is 4.79 Å². The van der Waals surface area contributed by atoms with Crippen LogP contribution in [0.5, 0.6) is 0 Å². The van der Waals surface area contributed by atoms with Gasteiger partial charge in [-0.15, -0.1) is 0 Å². The van der Waals surface area contributed by atoms with Crippen LogP contribution < -0.4 is 5.32 Å². The molecule has 0 bridgehead atoms. The van der Waals surface area contributed by atoms with Gasteiger partial charge in [-0.05, 0) is 34.8 Å². The normalized spacial score (nSPS) is 15.3. The molecular weight excluding hydrogens is 267 g/mol. The van der Waals surface area contributed by atoms with Gasteiger partial charge in [-0.25, -0.2) is 4.98 Å². The van der Waals surface area contributed by atoms with E-state index in [1.54, 1.807) is 12.3 Å². The van der Waals surface area contributed by atoms with Gasteiger partial charge in [-0.1, -0.05) is 11.6 Å². The zero-order valence-electron chi connectivity index (χ0n) is 7.26. The predicted molar refractivity (Wildman–Crippen MR) is 58.3 cm³/mol. The molecule has 1 heterocycles. The number of aromatic nitrogens is 1. The SMILES string of the molecule is O=C(Nc1cnc(Br)c(Cl)c1)C1CC1. The van der Waals surface area contributed by atoms with Crippen molar-refractivity contribution in [3.05, 3.63) is 21.9 Å². The maximum Gasteiger partial charge on any atom is 0.227 e. The fraction of sp³-hybridized carbons (Fsp3) is 0.333. The summed E-state index contributed by atoms with van der Waals surface area (Å²) in [6.45, 7) is 0. The summed E-state index contributed by atoms with van der Waals surface area (Å²) in [4.78, 5) is 15.4. The summed E-state index contributed by atoms with van der Waals surface area (Å²) in [7, 11) is 0. The molecule has 1 N–H and O–H groups in total. The minimum absolute atomic E-state index is 0.0604. The summed E-state index contributed by atoms with van der Waals surface area (Å²) in [5.41, 5.74) is 0.648. The highest BCUT2D eigenvalue weighted by atomic mass is 79.9. The number of anilines is 1. The van der Waals surface area contributed by atoms with Crippen molar-refractivity contribution in [1.29, 1.82) is 0 Å². The van der Waals surface area contributed by atoms with Gasteiger partial charge in [0.2, 0.25) is 5.91 Å². The van der Waals surface area contributed by atoms with E-state index in [9.17, 15) is 4.79 Å². The van der Waals surface area contributed by atoms with Crippen LogP contribution in [0.1, 0.15) is 12.8 Å². The highest BCUT2D eigenvalue weighted by Gasteiger charge is 2.29. The molecule has 1 saturated carbocycles. The second-order valence-electron chi connectivity index (χ2n) is 3.26. The molecule has 1 aromatic heterocycles. The van der Waals surface area contributed by atoms with Gasteiger partial charge < -0.3 is 5.32 Å². The molecule has 0 saturated heterocycles. The van der Waals surface area contributed by atoms with Crippen LogP contribution in [-0.2, 0) is 4.79 Å². The van der Waals surface area contributed by atoms with E-state index in [1.807, 2.05) is 0 Å². The maximum absolute atomic E-state index is 11.4. The van der Waals surface area contributed by atoms with Crippen molar-refractivity contribution in [1.82, 2.24) is 4.98 Å². The van der Waals surface area contributed by atoms with Gasteiger partial charge in [0.1, 0.15) is 4.60 Å². The molecule has 1 fully saturated rings. The first-order valence-corrected chi connectivity index (χ1v) is 5.46. The van der Waals surface area contributed by atoms with Gasteiger partial charge in [0, 0.05) is 5.92 Å². The van der Waals surface area contributed by atoms with Crippen LogP contribution in [0.3, 0.4) is 0 Å². The van der Waals surface area contributed by atoms with Crippen LogP contribution in [0.25, 0.3) is 0 Å². The van der Waals surface area contributed by atoms with Crippen LogP contribution in [0.2, 0.25) is 5.02 Å². The van der Waals surface area contributed by atoms with Crippen molar-refractivity contribution < 1.29 is 4.79 Å². The number of amides is 1. The number of halogens is 2. The summed E-state index contributed by atoms with van der Waals surface area (Å²) >= 11 is 9.01. The highest BCUT2D eigenvalue weighted by Crippen LogP contribution is 2.30. The molecule has 3 nitrogen and oxygen atoms in total. The molecule has 0 aromatic carbocycles. The average molecular weight is 276 g/mol. The summed E-state index contributed by atoms with van der Waals surface area (Å²) in [6, 6.07) is 1.68. The Morgan fingerprint density at radius 1 is 1.64 bits per heavy atom. The third-order valence-electron chi connectivity index (χ3n) is 2.01. The van der Waals surface area contributed by atoms with Gasteiger partial charge in [0.05, 0.1) is 16.9 Å². The van der Waals surface area contributed by atoms with E-state index in [1.165, 1.54) is 0 Å². The number of hydrogen-bond donors (Lipinski definition) is 1. The van der Waals surface area contributed by atoms with Crippen molar-refractivity contribution >= 4 is 39.1 Å². The molecule has 1 aromatic rings. The number of carbonyl (C=O) groups is 1. The highest BCUT2D eigenvalue weighted by molar-refractivity contribution is 9.10. The van der Waals surface area contributed by atoms with Gasteiger partial charge in [0.25, 0.3) is 0 Å². The molecule has 1 aliphatic carbocycles. The average Bonchev–Trinajstić information content (AvgIpc) is 2.94. The minimum atomic E-state index is 0.0604. The lowest BCUT2D eigenvalue weighted by molar-refractivity contribution is -0.117. The van der Waals surface area contributed by atoms with Crippen molar-refractivity contribution in [3.63, 3.8) is 0 Å². The maximum atomic E-state index is 11.4. The molecule has 0 atom stereocenters. The smallest absolute Gasteiger partial charge is 0.227 e. The zero-order chi connectivity index (χ0) is 10.1. The molecule has 1 amide bonds. The van der Waals surface area contributed by atoms with Gasteiger partial charge in [-0.2, -0.15) is 0 Å². The molecule has 0 unspecified atom stereocenters. The van der Waals surface area contributed by atoms with Crippen molar-refractivity contribution in [2.45, 2.75) is 12.8 Å². The third-order valence-corrected chi connectivity index (χ3v) is 3.16. The van der Waals surface area contributed by atoms with Crippen LogP contribution in [0, 0.1) is 5.92 Å². The van der Waals surface area contributed by atoms with E-state index < -0.39 is 0 Å². The summed E-state index contributed by atoms with van der Waals surface area (Å²) in [5, 5.41) is 3.26. The molecule has 0 spiro atoms. The Hall–Kier alpha value is -0.610. The summed E-state index contributed by atoms with van der Waals surface area (Å²) < 4.78 is 0.587. The number of nitrogens with one attached hydrogen (secondary N) is 1. The van der Waals surface area contributed by atoms with E-state index in [0.29, 0.717) is 15.3 Å². The summed E-state index contributed by atoms with van der Waals surface area (Å²) in [6.07, 6.45) is 3.56. The van der Waals surface area contributed by atoms with E-state index in [-0.39, 0.29) is 11.8 Å². The van der Waals surface area contributed by atoms with Crippen molar-refractivity contribution in [2.24, 2.45) is 5.92 Å². The standard InChI is InChI=1S/C9H8BrClN2O/c10-8-7(11)3-6(4-12-8)13-9(14)5-1-2-5/h3-5H,1-2H2,(H,13,14). The first-order chi connectivity index (χ1) is 6.66. The largest absolute Gasteiger partial charge is 0.324 e. The molecule has 2 rings (SSSR count). The van der Waals surface area contributed by atoms with Crippen LogP contribution in [0.15, 0.2) is 16.9 Å². The Kier molecular flexibility index (Phi) is 2.74. The monoisotopic (exact) mass is 274 g/mol. The second-order valence-corrected chi connectivity index (χ2v) is 4.42. The Morgan fingerprint density at radius 3 is 2.93 bits per heavy atom. The molecule has 1 aliphatic rings. The second kappa shape index (κ2) is 3.87. The lowest BCUT2D eigenvalue weighted by atomic mass is 10.3. The van der Waals surface area contributed by atoms with Gasteiger partial charge in [0.15, 0.2) is 0 Å². The Labute approximate surface area is 95.0 Å². The molecular formula is C9H8BrClN2O. The number of hydrogen-bond acceptors (Lipinski definition) is 2. The van der Waals surface area contributed by atoms with Crippen LogP contribution in [-0.4, -0.2) is 10.9 Å². The van der Waals surface area contributed by atoms with Gasteiger partial charge >= 0.3 is 0 Å². The lowest BCUT2D eigenvalue weighted by Crippen LogP contribution is -2.13. The first kappa shape index (κ1) is 9.93. The third kappa shape index (κ3) is 2.25. The molecule has 5 heteroatoms.